The van der Waals surface area contributed by atoms with Crippen LogP contribution in [0.2, 0.25) is 5.02 Å². The summed E-state index contributed by atoms with van der Waals surface area (Å²) in [4.78, 5) is 22.0. The molecule has 0 aliphatic heterocycles. The molecular formula is C14H8ClF3N2O4. The average molecular weight is 361 g/mol. The van der Waals surface area contributed by atoms with Crippen LogP contribution in [0.15, 0.2) is 36.4 Å². The number of halogens is 4. The van der Waals surface area contributed by atoms with Gasteiger partial charge in [-0.1, -0.05) is 11.6 Å². The van der Waals surface area contributed by atoms with Crippen molar-refractivity contribution in [3.63, 3.8) is 0 Å². The van der Waals surface area contributed by atoms with Gasteiger partial charge in [-0.15, -0.1) is 0 Å². The standard InChI is InChI=1S/C14H8ClF3N2O4/c15-8-2-4-12(21)9(6-8)13(22)19-10-3-1-7(14(16,17)18)5-11(10)20(23)24/h1-6,21H,(H,19,22). The Morgan fingerprint density at radius 1 is 1.21 bits per heavy atom. The second-order valence-corrected chi connectivity index (χ2v) is 5.04. The minimum absolute atomic E-state index is 0.125. The molecule has 6 nitrogen and oxygen atoms in total. The summed E-state index contributed by atoms with van der Waals surface area (Å²) >= 11 is 5.69. The summed E-state index contributed by atoms with van der Waals surface area (Å²) in [7, 11) is 0. The molecule has 0 aliphatic carbocycles. The Hall–Kier alpha value is -2.81. The zero-order chi connectivity index (χ0) is 18.1. The quantitative estimate of drug-likeness (QED) is 0.633. The van der Waals surface area contributed by atoms with Crippen LogP contribution >= 0.6 is 11.6 Å². The average Bonchev–Trinajstić information content (AvgIpc) is 2.48. The van der Waals surface area contributed by atoms with Gasteiger partial charge in [0.15, 0.2) is 0 Å². The largest absolute Gasteiger partial charge is 0.507 e. The van der Waals surface area contributed by atoms with E-state index in [9.17, 15) is 33.2 Å². The molecule has 2 aromatic rings. The summed E-state index contributed by atoms with van der Waals surface area (Å²) in [6.07, 6.45) is -4.77. The van der Waals surface area contributed by atoms with Crippen LogP contribution in [0.25, 0.3) is 0 Å². The Balaban J connectivity index is 2.40. The van der Waals surface area contributed by atoms with Gasteiger partial charge in [-0.05, 0) is 30.3 Å². The zero-order valence-electron chi connectivity index (χ0n) is 11.6. The molecule has 2 aromatic carbocycles. The fraction of sp³-hybridized carbons (Fsp3) is 0.0714. The van der Waals surface area contributed by atoms with Gasteiger partial charge in [0.2, 0.25) is 0 Å². The minimum atomic E-state index is -4.77. The second-order valence-electron chi connectivity index (χ2n) is 4.60. The molecule has 0 saturated heterocycles. The summed E-state index contributed by atoms with van der Waals surface area (Å²) in [6, 6.07) is 5.24. The molecule has 0 fully saturated rings. The highest BCUT2D eigenvalue weighted by atomic mass is 35.5. The van der Waals surface area contributed by atoms with E-state index in [0.29, 0.717) is 12.1 Å². The predicted molar refractivity (Wildman–Crippen MR) is 79.2 cm³/mol. The van der Waals surface area contributed by atoms with Gasteiger partial charge < -0.3 is 10.4 Å². The van der Waals surface area contributed by atoms with E-state index in [1.165, 1.54) is 6.07 Å². The number of benzene rings is 2. The van der Waals surface area contributed by atoms with E-state index in [2.05, 4.69) is 5.32 Å². The van der Waals surface area contributed by atoms with E-state index in [-0.39, 0.29) is 10.6 Å². The number of amides is 1. The van der Waals surface area contributed by atoms with E-state index in [1.54, 1.807) is 0 Å². The highest BCUT2D eigenvalue weighted by Gasteiger charge is 2.33. The van der Waals surface area contributed by atoms with E-state index in [1.807, 2.05) is 0 Å². The monoisotopic (exact) mass is 360 g/mol. The van der Waals surface area contributed by atoms with Crippen molar-refractivity contribution in [1.82, 2.24) is 0 Å². The van der Waals surface area contributed by atoms with E-state index < -0.39 is 39.7 Å². The summed E-state index contributed by atoms with van der Waals surface area (Å²) in [5, 5.41) is 22.8. The summed E-state index contributed by atoms with van der Waals surface area (Å²) in [5.74, 6) is -1.40. The maximum Gasteiger partial charge on any atom is 0.416 e. The minimum Gasteiger partial charge on any atom is -0.507 e. The summed E-state index contributed by atoms with van der Waals surface area (Å²) < 4.78 is 37.9. The molecule has 0 unspecified atom stereocenters. The fourth-order valence-corrected chi connectivity index (χ4v) is 2.02. The number of phenols is 1. The molecular weight excluding hydrogens is 353 g/mol. The topological polar surface area (TPSA) is 92.5 Å². The maximum absolute atomic E-state index is 12.6. The van der Waals surface area contributed by atoms with Crippen molar-refractivity contribution in [3.8, 4) is 5.75 Å². The molecule has 0 bridgehead atoms. The molecule has 2 rings (SSSR count). The van der Waals surface area contributed by atoms with Crippen LogP contribution in [0.1, 0.15) is 15.9 Å². The summed E-state index contributed by atoms with van der Waals surface area (Å²) in [5.41, 5.74) is -2.88. The number of hydrogen-bond acceptors (Lipinski definition) is 4. The number of nitro groups is 1. The van der Waals surface area contributed by atoms with Crippen molar-refractivity contribution in [2.45, 2.75) is 6.18 Å². The highest BCUT2D eigenvalue weighted by Crippen LogP contribution is 2.35. The van der Waals surface area contributed by atoms with Crippen LogP contribution in [0.5, 0.6) is 5.75 Å². The van der Waals surface area contributed by atoms with Gasteiger partial charge in [-0.25, -0.2) is 0 Å². The SMILES string of the molecule is O=C(Nc1ccc(C(F)(F)F)cc1[N+](=O)[O-])c1cc(Cl)ccc1O. The van der Waals surface area contributed by atoms with Crippen molar-refractivity contribution in [2.24, 2.45) is 0 Å². The third-order valence-electron chi connectivity index (χ3n) is 2.97. The summed E-state index contributed by atoms with van der Waals surface area (Å²) in [6.45, 7) is 0. The number of alkyl halides is 3. The highest BCUT2D eigenvalue weighted by molar-refractivity contribution is 6.31. The van der Waals surface area contributed by atoms with Crippen LogP contribution < -0.4 is 5.32 Å². The molecule has 0 aromatic heterocycles. The third kappa shape index (κ3) is 3.74. The number of hydrogen-bond donors (Lipinski definition) is 2. The first-order valence-electron chi connectivity index (χ1n) is 6.25. The molecule has 0 radical (unpaired) electrons. The Morgan fingerprint density at radius 3 is 2.46 bits per heavy atom. The number of nitrogens with one attached hydrogen (secondary N) is 1. The van der Waals surface area contributed by atoms with Gasteiger partial charge in [0.25, 0.3) is 11.6 Å². The second kappa shape index (κ2) is 6.36. The Morgan fingerprint density at radius 2 is 1.88 bits per heavy atom. The van der Waals surface area contributed by atoms with Crippen LogP contribution in [0, 0.1) is 10.1 Å². The molecule has 0 atom stereocenters. The molecule has 0 saturated carbocycles. The van der Waals surface area contributed by atoms with Gasteiger partial charge >= 0.3 is 6.18 Å². The van der Waals surface area contributed by atoms with Crippen LogP contribution in [-0.4, -0.2) is 15.9 Å². The number of aromatic hydroxyl groups is 1. The molecule has 1 amide bonds. The van der Waals surface area contributed by atoms with Gasteiger partial charge in [0, 0.05) is 11.1 Å². The van der Waals surface area contributed by atoms with Gasteiger partial charge in [-0.3, -0.25) is 14.9 Å². The van der Waals surface area contributed by atoms with E-state index in [0.717, 1.165) is 18.2 Å². The van der Waals surface area contributed by atoms with E-state index in [4.69, 9.17) is 11.6 Å². The molecule has 24 heavy (non-hydrogen) atoms. The lowest BCUT2D eigenvalue weighted by Crippen LogP contribution is -2.14. The Bertz CT molecular complexity index is 824. The van der Waals surface area contributed by atoms with Crippen molar-refractivity contribution >= 4 is 28.9 Å². The van der Waals surface area contributed by atoms with Crippen molar-refractivity contribution in [3.05, 3.63) is 62.7 Å². The number of phenolic OH excluding ortho intramolecular Hbond substituents is 1. The molecule has 126 valence electrons. The van der Waals surface area contributed by atoms with Crippen LogP contribution in [0.4, 0.5) is 24.5 Å². The lowest BCUT2D eigenvalue weighted by atomic mass is 10.1. The first-order chi connectivity index (χ1) is 11.1. The fourth-order valence-electron chi connectivity index (χ4n) is 1.84. The van der Waals surface area contributed by atoms with E-state index >= 15 is 0 Å². The Labute approximate surface area is 137 Å². The number of anilines is 1. The number of rotatable bonds is 3. The maximum atomic E-state index is 12.6. The van der Waals surface area contributed by atoms with Crippen molar-refractivity contribution in [1.29, 1.82) is 0 Å². The van der Waals surface area contributed by atoms with Crippen molar-refractivity contribution < 1.29 is 28.0 Å². The Kier molecular flexibility index (Phi) is 4.65. The van der Waals surface area contributed by atoms with Gasteiger partial charge in [0.05, 0.1) is 16.1 Å². The lowest BCUT2D eigenvalue weighted by Gasteiger charge is -2.10. The number of nitro benzene ring substituents is 1. The molecule has 10 heteroatoms. The lowest BCUT2D eigenvalue weighted by molar-refractivity contribution is -0.384. The number of carbonyl (C=O) groups excluding carboxylic acids is 1. The smallest absolute Gasteiger partial charge is 0.416 e. The molecule has 0 heterocycles. The zero-order valence-corrected chi connectivity index (χ0v) is 12.4. The molecule has 0 spiro atoms. The number of nitrogens with zero attached hydrogens (tertiary/aromatic N) is 1. The molecule has 0 aliphatic rings. The van der Waals surface area contributed by atoms with Crippen LogP contribution in [-0.2, 0) is 6.18 Å². The normalized spacial score (nSPS) is 11.2. The molecule has 2 N–H and O–H groups in total. The predicted octanol–water partition coefficient (Wildman–Crippen LogP) is 4.22. The number of carbonyl (C=O) groups is 1. The van der Waals surface area contributed by atoms with Gasteiger partial charge in [0.1, 0.15) is 11.4 Å². The van der Waals surface area contributed by atoms with Crippen LogP contribution in [0.3, 0.4) is 0 Å². The van der Waals surface area contributed by atoms with Gasteiger partial charge in [-0.2, -0.15) is 13.2 Å². The third-order valence-corrected chi connectivity index (χ3v) is 3.21. The first-order valence-corrected chi connectivity index (χ1v) is 6.63. The first kappa shape index (κ1) is 17.5. The van der Waals surface area contributed by atoms with Crippen molar-refractivity contribution in [2.75, 3.05) is 5.32 Å².